The molecule has 0 aliphatic carbocycles. The molecule has 1 unspecified atom stereocenters. The van der Waals surface area contributed by atoms with Crippen LogP contribution in [0.1, 0.15) is 38.9 Å². The van der Waals surface area contributed by atoms with Gasteiger partial charge in [0.2, 0.25) is 11.6 Å². The number of ether oxygens (including phenoxy) is 1. The number of aliphatic hydroxyl groups excluding tert-OH is 1. The van der Waals surface area contributed by atoms with E-state index in [9.17, 15) is 9.90 Å². The van der Waals surface area contributed by atoms with E-state index in [4.69, 9.17) is 9.72 Å². The van der Waals surface area contributed by atoms with Crippen molar-refractivity contribution < 1.29 is 14.6 Å². The van der Waals surface area contributed by atoms with E-state index in [1.165, 1.54) is 0 Å². The SMILES string of the molecule is COc1ccc2c(c1)nc(NCCCCNC(=O)[C@H](C(C)C)N1CCC(O)C1)c1nnc(C)n12. The average molecular weight is 470 g/mol. The highest BCUT2D eigenvalue weighted by Gasteiger charge is 2.33. The molecule has 3 aromatic rings. The zero-order chi connectivity index (χ0) is 24.2. The molecule has 1 fully saturated rings. The number of fused-ring (bicyclic) bond motifs is 3. The summed E-state index contributed by atoms with van der Waals surface area (Å²) in [5, 5.41) is 24.8. The second-order valence-corrected chi connectivity index (χ2v) is 9.27. The predicted molar refractivity (Wildman–Crippen MR) is 131 cm³/mol. The molecule has 184 valence electrons. The maximum atomic E-state index is 12.8. The van der Waals surface area contributed by atoms with Crippen LogP contribution in [0, 0.1) is 12.8 Å². The van der Waals surface area contributed by atoms with Crippen LogP contribution in [0.5, 0.6) is 5.75 Å². The Bertz CT molecular complexity index is 1150. The van der Waals surface area contributed by atoms with Gasteiger partial charge in [0.15, 0.2) is 5.82 Å². The van der Waals surface area contributed by atoms with Crippen molar-refractivity contribution in [1.82, 2.24) is 29.8 Å². The molecule has 1 aliphatic heterocycles. The number of anilines is 1. The van der Waals surface area contributed by atoms with Crippen molar-refractivity contribution in [3.8, 4) is 5.75 Å². The van der Waals surface area contributed by atoms with Crippen LogP contribution in [0.4, 0.5) is 5.82 Å². The molecule has 1 aromatic carbocycles. The zero-order valence-electron chi connectivity index (χ0n) is 20.4. The van der Waals surface area contributed by atoms with Crippen LogP contribution in [-0.4, -0.2) is 80.9 Å². The first kappa shape index (κ1) is 24.2. The molecular formula is C24H35N7O3. The van der Waals surface area contributed by atoms with E-state index in [-0.39, 0.29) is 24.0 Å². The number of aryl methyl sites for hydroxylation is 1. The highest BCUT2D eigenvalue weighted by molar-refractivity contribution is 5.84. The normalized spacial score (nSPS) is 17.5. The smallest absolute Gasteiger partial charge is 0.237 e. The van der Waals surface area contributed by atoms with E-state index in [0.29, 0.717) is 31.1 Å². The number of β-amino-alcohol motifs (C(OH)–C–C–N with tert-alkyl or cyclic N) is 1. The van der Waals surface area contributed by atoms with Gasteiger partial charge in [-0.25, -0.2) is 4.98 Å². The summed E-state index contributed by atoms with van der Waals surface area (Å²) in [6.07, 6.45) is 2.11. The van der Waals surface area contributed by atoms with Gasteiger partial charge in [-0.3, -0.25) is 14.1 Å². The van der Waals surface area contributed by atoms with Gasteiger partial charge < -0.3 is 20.5 Å². The Kier molecular flexibility index (Phi) is 7.47. The number of amides is 1. The minimum atomic E-state index is -0.328. The molecule has 2 atom stereocenters. The van der Waals surface area contributed by atoms with Crippen LogP contribution in [0.25, 0.3) is 16.7 Å². The van der Waals surface area contributed by atoms with Crippen molar-refractivity contribution in [2.24, 2.45) is 5.92 Å². The topological polar surface area (TPSA) is 117 Å². The summed E-state index contributed by atoms with van der Waals surface area (Å²) < 4.78 is 7.34. The van der Waals surface area contributed by atoms with Crippen molar-refractivity contribution in [3.63, 3.8) is 0 Å². The maximum absolute atomic E-state index is 12.8. The van der Waals surface area contributed by atoms with E-state index in [1.54, 1.807) is 7.11 Å². The zero-order valence-corrected chi connectivity index (χ0v) is 20.4. The summed E-state index contributed by atoms with van der Waals surface area (Å²) in [6, 6.07) is 5.57. The maximum Gasteiger partial charge on any atom is 0.237 e. The van der Waals surface area contributed by atoms with E-state index < -0.39 is 0 Å². The fourth-order valence-corrected chi connectivity index (χ4v) is 4.69. The van der Waals surface area contributed by atoms with Crippen LogP contribution < -0.4 is 15.4 Å². The van der Waals surface area contributed by atoms with Crippen molar-refractivity contribution in [2.45, 2.75) is 52.2 Å². The largest absolute Gasteiger partial charge is 0.497 e. The van der Waals surface area contributed by atoms with Gasteiger partial charge in [0.25, 0.3) is 0 Å². The second-order valence-electron chi connectivity index (χ2n) is 9.27. The van der Waals surface area contributed by atoms with Gasteiger partial charge in [-0.2, -0.15) is 0 Å². The van der Waals surface area contributed by atoms with Crippen LogP contribution in [0.2, 0.25) is 0 Å². The number of nitrogens with one attached hydrogen (secondary N) is 2. The molecule has 10 nitrogen and oxygen atoms in total. The second kappa shape index (κ2) is 10.5. The van der Waals surface area contributed by atoms with E-state index >= 15 is 0 Å². The van der Waals surface area contributed by atoms with Gasteiger partial charge in [-0.15, -0.1) is 10.2 Å². The molecule has 0 saturated carbocycles. The van der Waals surface area contributed by atoms with Gasteiger partial charge >= 0.3 is 0 Å². The molecule has 3 heterocycles. The van der Waals surface area contributed by atoms with Crippen LogP contribution >= 0.6 is 0 Å². The third-order valence-corrected chi connectivity index (χ3v) is 6.38. The number of carbonyl (C=O) groups excluding carboxylic acids is 1. The van der Waals surface area contributed by atoms with E-state index in [1.807, 2.05) is 29.5 Å². The lowest BCUT2D eigenvalue weighted by Gasteiger charge is -2.29. The standard InChI is InChI=1S/C24H35N7O3/c1-15(2)21(30-12-9-17(32)14-30)24(33)26-11-6-5-10-25-22-23-29-28-16(3)31(23)20-8-7-18(34-4)13-19(20)27-22/h7-8,13,15,17,21,32H,5-6,9-12,14H2,1-4H3,(H,25,27)(H,26,33)/t17?,21-/m0/s1. The van der Waals surface area contributed by atoms with Crippen molar-refractivity contribution >= 4 is 28.4 Å². The number of carbonyl (C=O) groups is 1. The van der Waals surface area contributed by atoms with Gasteiger partial charge in [-0.1, -0.05) is 13.8 Å². The molecule has 0 bridgehead atoms. The first-order valence-corrected chi connectivity index (χ1v) is 12.0. The third kappa shape index (κ3) is 5.07. The Morgan fingerprint density at radius 3 is 2.76 bits per heavy atom. The van der Waals surface area contributed by atoms with Crippen molar-refractivity contribution in [1.29, 1.82) is 0 Å². The molecular weight excluding hydrogens is 434 g/mol. The molecule has 1 amide bonds. The lowest BCUT2D eigenvalue weighted by atomic mass is 10.0. The van der Waals surface area contributed by atoms with Gasteiger partial charge in [0, 0.05) is 32.2 Å². The average Bonchev–Trinajstić information content (AvgIpc) is 3.41. The van der Waals surface area contributed by atoms with Crippen molar-refractivity contribution in [2.75, 3.05) is 38.6 Å². The van der Waals surface area contributed by atoms with E-state index in [2.05, 4.69) is 39.6 Å². The first-order valence-electron chi connectivity index (χ1n) is 12.0. The molecule has 10 heteroatoms. The van der Waals surface area contributed by atoms with Crippen LogP contribution in [0.3, 0.4) is 0 Å². The number of unbranched alkanes of at least 4 members (excludes halogenated alkanes) is 1. The van der Waals surface area contributed by atoms with Gasteiger partial charge in [-0.05, 0) is 44.2 Å². The van der Waals surface area contributed by atoms with Crippen LogP contribution in [0.15, 0.2) is 18.2 Å². The number of aliphatic hydroxyl groups is 1. The lowest BCUT2D eigenvalue weighted by molar-refractivity contribution is -0.127. The Morgan fingerprint density at radius 2 is 2.06 bits per heavy atom. The molecule has 1 saturated heterocycles. The Hall–Kier alpha value is -2.98. The quantitative estimate of drug-likeness (QED) is 0.386. The number of benzene rings is 1. The van der Waals surface area contributed by atoms with E-state index in [0.717, 1.165) is 48.4 Å². The highest BCUT2D eigenvalue weighted by atomic mass is 16.5. The molecule has 2 aromatic heterocycles. The Balaban J connectivity index is 1.32. The third-order valence-electron chi connectivity index (χ3n) is 6.38. The Labute approximate surface area is 199 Å². The molecule has 3 N–H and O–H groups in total. The highest BCUT2D eigenvalue weighted by Crippen LogP contribution is 2.25. The number of hydrogen-bond donors (Lipinski definition) is 3. The lowest BCUT2D eigenvalue weighted by Crippen LogP contribution is -2.49. The number of rotatable bonds is 10. The predicted octanol–water partition coefficient (Wildman–Crippen LogP) is 1.99. The monoisotopic (exact) mass is 469 g/mol. The fourth-order valence-electron chi connectivity index (χ4n) is 4.69. The molecule has 34 heavy (non-hydrogen) atoms. The van der Waals surface area contributed by atoms with Gasteiger partial charge in [0.1, 0.15) is 11.6 Å². The Morgan fingerprint density at radius 1 is 1.26 bits per heavy atom. The summed E-state index contributed by atoms with van der Waals surface area (Å²) in [5.41, 5.74) is 2.42. The minimum Gasteiger partial charge on any atom is -0.497 e. The fraction of sp³-hybridized carbons (Fsp3) is 0.583. The summed E-state index contributed by atoms with van der Waals surface area (Å²) in [7, 11) is 1.64. The number of aromatic nitrogens is 4. The summed E-state index contributed by atoms with van der Waals surface area (Å²) in [4.78, 5) is 19.6. The molecule has 0 radical (unpaired) electrons. The number of methoxy groups -OCH3 is 1. The molecule has 4 rings (SSSR count). The number of likely N-dealkylation sites (tertiary alicyclic amines) is 1. The number of nitrogens with zero attached hydrogens (tertiary/aromatic N) is 5. The number of hydrogen-bond acceptors (Lipinski definition) is 8. The summed E-state index contributed by atoms with van der Waals surface area (Å²) in [6.45, 7) is 8.68. The molecule has 0 spiro atoms. The minimum absolute atomic E-state index is 0.0443. The first-order chi connectivity index (χ1) is 16.4. The van der Waals surface area contributed by atoms with Crippen molar-refractivity contribution in [3.05, 3.63) is 24.0 Å². The summed E-state index contributed by atoms with van der Waals surface area (Å²) >= 11 is 0. The summed E-state index contributed by atoms with van der Waals surface area (Å²) in [5.74, 6) is 2.46. The van der Waals surface area contributed by atoms with Gasteiger partial charge in [0.05, 0.1) is 30.3 Å². The molecule has 1 aliphatic rings. The van der Waals surface area contributed by atoms with Crippen LogP contribution in [-0.2, 0) is 4.79 Å².